The topological polar surface area (TPSA) is 86.8 Å². The van der Waals surface area contributed by atoms with Crippen LogP contribution in [0.5, 0.6) is 0 Å². The smallest absolute Gasteiger partial charge is 0.264 e. The van der Waals surface area contributed by atoms with Gasteiger partial charge in [-0.15, -0.1) is 0 Å². The number of carbonyl (C=O) groups excluding carboxylic acids is 2. The van der Waals surface area contributed by atoms with Gasteiger partial charge < -0.3 is 10.2 Å². The van der Waals surface area contributed by atoms with E-state index in [4.69, 9.17) is 34.8 Å². The van der Waals surface area contributed by atoms with Gasteiger partial charge in [-0.2, -0.15) is 0 Å². The minimum absolute atomic E-state index is 0.0119. The maximum Gasteiger partial charge on any atom is 0.264 e. The molecule has 2 amide bonds. The van der Waals surface area contributed by atoms with E-state index in [0.717, 1.165) is 4.31 Å². The SMILES string of the molecule is CCCNC(=O)[C@@H](C)N(Cc1c(Cl)cccc1Cl)C(=O)CN(c1ccccc1Cl)S(=O)(=O)c1ccccc1. The number of para-hydroxylation sites is 1. The molecule has 0 spiro atoms. The maximum atomic E-state index is 13.9. The molecule has 1 N–H and O–H groups in total. The van der Waals surface area contributed by atoms with Crippen LogP contribution in [0.4, 0.5) is 5.69 Å². The summed E-state index contributed by atoms with van der Waals surface area (Å²) < 4.78 is 28.4. The molecule has 11 heteroatoms. The van der Waals surface area contributed by atoms with Crippen LogP contribution in [0.25, 0.3) is 0 Å². The second-order valence-electron chi connectivity index (χ2n) is 8.46. The van der Waals surface area contributed by atoms with Gasteiger partial charge >= 0.3 is 0 Å². The summed E-state index contributed by atoms with van der Waals surface area (Å²) >= 11 is 19.1. The van der Waals surface area contributed by atoms with Crippen molar-refractivity contribution < 1.29 is 18.0 Å². The molecule has 0 unspecified atom stereocenters. The molecule has 0 fully saturated rings. The zero-order valence-electron chi connectivity index (χ0n) is 20.9. The summed E-state index contributed by atoms with van der Waals surface area (Å²) in [5, 5.41) is 3.56. The highest BCUT2D eigenvalue weighted by Gasteiger charge is 2.33. The standard InChI is InChI=1S/C27H28Cl3N3O4S/c1-3-16-31-27(35)19(2)32(17-21-22(28)13-9-14-23(21)29)26(34)18-33(25-15-8-7-12-24(25)30)38(36,37)20-10-5-4-6-11-20/h4-15,19H,3,16-18H2,1-2H3,(H,31,35)/t19-/m1/s1. The molecule has 0 radical (unpaired) electrons. The van der Waals surface area contributed by atoms with Crippen LogP contribution in [0.2, 0.25) is 15.1 Å². The minimum atomic E-state index is -4.21. The Labute approximate surface area is 238 Å². The molecule has 7 nitrogen and oxygen atoms in total. The molecule has 3 aromatic rings. The van der Waals surface area contributed by atoms with E-state index in [9.17, 15) is 18.0 Å². The molecule has 0 heterocycles. The van der Waals surface area contributed by atoms with E-state index in [1.807, 2.05) is 6.92 Å². The predicted octanol–water partition coefficient (Wildman–Crippen LogP) is 5.79. The van der Waals surface area contributed by atoms with Crippen molar-refractivity contribution in [1.29, 1.82) is 0 Å². The van der Waals surface area contributed by atoms with Gasteiger partial charge in [0.15, 0.2) is 0 Å². The molecular formula is C27H28Cl3N3O4S. The Hall–Kier alpha value is -2.78. The van der Waals surface area contributed by atoms with Crippen LogP contribution in [-0.2, 0) is 26.2 Å². The van der Waals surface area contributed by atoms with E-state index in [1.165, 1.54) is 29.2 Å². The van der Waals surface area contributed by atoms with Crippen molar-refractivity contribution in [3.63, 3.8) is 0 Å². The first-order valence-corrected chi connectivity index (χ1v) is 14.5. The average molecular weight is 597 g/mol. The summed E-state index contributed by atoms with van der Waals surface area (Å²) in [5.74, 6) is -1.03. The second kappa shape index (κ2) is 13.3. The largest absolute Gasteiger partial charge is 0.354 e. The fourth-order valence-electron chi connectivity index (χ4n) is 3.72. The molecule has 0 aliphatic heterocycles. The third-order valence-electron chi connectivity index (χ3n) is 5.84. The number of nitrogens with zero attached hydrogens (tertiary/aromatic N) is 2. The lowest BCUT2D eigenvalue weighted by Crippen LogP contribution is -2.51. The van der Waals surface area contributed by atoms with Crippen LogP contribution >= 0.6 is 34.8 Å². The third kappa shape index (κ3) is 6.99. The summed E-state index contributed by atoms with van der Waals surface area (Å²) in [6.07, 6.45) is 0.707. The molecular weight excluding hydrogens is 569 g/mol. The number of nitrogens with one attached hydrogen (secondary N) is 1. The van der Waals surface area contributed by atoms with Gasteiger partial charge in [0.05, 0.1) is 15.6 Å². The second-order valence-corrected chi connectivity index (χ2v) is 11.5. The lowest BCUT2D eigenvalue weighted by molar-refractivity contribution is -0.139. The Morgan fingerprint density at radius 1 is 0.868 bits per heavy atom. The lowest BCUT2D eigenvalue weighted by Gasteiger charge is -2.32. The Morgan fingerprint density at radius 3 is 2.05 bits per heavy atom. The molecule has 1 atom stereocenters. The molecule has 38 heavy (non-hydrogen) atoms. The third-order valence-corrected chi connectivity index (χ3v) is 8.64. The van der Waals surface area contributed by atoms with Crippen molar-refractivity contribution in [2.45, 2.75) is 37.8 Å². The van der Waals surface area contributed by atoms with Crippen LogP contribution in [0, 0.1) is 0 Å². The predicted molar refractivity (Wildman–Crippen MR) is 152 cm³/mol. The summed E-state index contributed by atoms with van der Waals surface area (Å²) in [6, 6.07) is 18.1. The van der Waals surface area contributed by atoms with Gasteiger partial charge in [0, 0.05) is 28.7 Å². The van der Waals surface area contributed by atoms with Crippen LogP contribution in [-0.4, -0.2) is 44.3 Å². The molecule has 0 aliphatic rings. The monoisotopic (exact) mass is 595 g/mol. The van der Waals surface area contributed by atoms with Crippen LogP contribution in [0.3, 0.4) is 0 Å². The molecule has 0 aliphatic carbocycles. The number of anilines is 1. The normalized spacial score (nSPS) is 12.0. The Kier molecular flexibility index (Phi) is 10.4. The van der Waals surface area contributed by atoms with E-state index in [-0.39, 0.29) is 22.2 Å². The lowest BCUT2D eigenvalue weighted by atomic mass is 10.1. The Morgan fingerprint density at radius 2 is 1.45 bits per heavy atom. The first-order chi connectivity index (χ1) is 18.1. The molecule has 0 saturated carbocycles. The number of hydrogen-bond acceptors (Lipinski definition) is 4. The molecule has 3 rings (SSSR count). The number of amides is 2. The van der Waals surface area contributed by atoms with Crippen molar-refractivity contribution in [3.8, 4) is 0 Å². The zero-order chi connectivity index (χ0) is 27.9. The van der Waals surface area contributed by atoms with E-state index < -0.39 is 34.4 Å². The van der Waals surface area contributed by atoms with Gasteiger partial charge in [0.2, 0.25) is 11.8 Å². The van der Waals surface area contributed by atoms with Gasteiger partial charge in [0.1, 0.15) is 12.6 Å². The van der Waals surface area contributed by atoms with Gasteiger partial charge in [-0.05, 0) is 49.7 Å². The fourth-order valence-corrected chi connectivity index (χ4v) is 5.98. The molecule has 0 saturated heterocycles. The van der Waals surface area contributed by atoms with E-state index in [1.54, 1.807) is 55.5 Å². The quantitative estimate of drug-likeness (QED) is 0.304. The number of halogens is 3. The first-order valence-electron chi connectivity index (χ1n) is 11.9. The van der Waals surface area contributed by atoms with E-state index >= 15 is 0 Å². The van der Waals surface area contributed by atoms with Crippen molar-refractivity contribution in [3.05, 3.63) is 93.4 Å². The van der Waals surface area contributed by atoms with Crippen molar-refractivity contribution in [2.75, 3.05) is 17.4 Å². The molecule has 202 valence electrons. The highest BCUT2D eigenvalue weighted by atomic mass is 35.5. The Bertz CT molecular complexity index is 1370. The first kappa shape index (κ1) is 29.8. The van der Waals surface area contributed by atoms with Crippen LogP contribution < -0.4 is 9.62 Å². The maximum absolute atomic E-state index is 13.9. The highest BCUT2D eigenvalue weighted by Crippen LogP contribution is 2.31. The van der Waals surface area contributed by atoms with Gasteiger partial charge in [-0.3, -0.25) is 13.9 Å². The fraction of sp³-hybridized carbons (Fsp3) is 0.259. The number of benzene rings is 3. The average Bonchev–Trinajstić information content (AvgIpc) is 2.90. The van der Waals surface area contributed by atoms with Crippen molar-refractivity contribution >= 4 is 62.3 Å². The van der Waals surface area contributed by atoms with Crippen molar-refractivity contribution in [1.82, 2.24) is 10.2 Å². The van der Waals surface area contributed by atoms with Crippen LogP contribution in [0.1, 0.15) is 25.8 Å². The van der Waals surface area contributed by atoms with Crippen LogP contribution in [0.15, 0.2) is 77.7 Å². The minimum Gasteiger partial charge on any atom is -0.354 e. The molecule has 3 aromatic carbocycles. The summed E-state index contributed by atoms with van der Waals surface area (Å²) in [6.45, 7) is 3.17. The van der Waals surface area contributed by atoms with Crippen molar-refractivity contribution in [2.24, 2.45) is 0 Å². The molecule has 0 aromatic heterocycles. The van der Waals surface area contributed by atoms with E-state index in [2.05, 4.69) is 5.32 Å². The number of rotatable bonds is 11. The van der Waals surface area contributed by atoms with E-state index in [0.29, 0.717) is 28.6 Å². The Balaban J connectivity index is 2.06. The zero-order valence-corrected chi connectivity index (χ0v) is 24.0. The van der Waals surface area contributed by atoms with Gasteiger partial charge in [-0.25, -0.2) is 8.42 Å². The number of sulfonamides is 1. The summed E-state index contributed by atoms with van der Waals surface area (Å²) in [4.78, 5) is 28.0. The number of hydrogen-bond donors (Lipinski definition) is 1. The number of carbonyl (C=O) groups is 2. The summed E-state index contributed by atoms with van der Waals surface area (Å²) in [5.41, 5.74) is 0.569. The highest BCUT2D eigenvalue weighted by molar-refractivity contribution is 7.92. The van der Waals surface area contributed by atoms with Gasteiger partial charge in [-0.1, -0.05) is 78.1 Å². The van der Waals surface area contributed by atoms with Gasteiger partial charge in [0.25, 0.3) is 10.0 Å². The molecule has 0 bridgehead atoms. The summed E-state index contributed by atoms with van der Waals surface area (Å²) in [7, 11) is -4.21.